The van der Waals surface area contributed by atoms with Crippen LogP contribution in [0.2, 0.25) is 0 Å². The number of hydrogen-bond donors (Lipinski definition) is 1. The number of unbranched alkanes of at least 4 members (excludes halogenated alkanes) is 1. The number of carbonyl (C=O) groups excluding carboxylic acids is 1. The van der Waals surface area contributed by atoms with E-state index < -0.39 is 0 Å². The smallest absolute Gasteiger partial charge is 0.308 e. The van der Waals surface area contributed by atoms with Crippen molar-refractivity contribution in [3.8, 4) is 5.75 Å². The van der Waals surface area contributed by atoms with Gasteiger partial charge in [-0.15, -0.1) is 6.58 Å². The van der Waals surface area contributed by atoms with E-state index in [4.69, 9.17) is 4.74 Å². The average molecular weight is 314 g/mol. The van der Waals surface area contributed by atoms with Crippen molar-refractivity contribution in [2.45, 2.75) is 33.1 Å². The molecule has 0 bridgehead atoms. The molecule has 1 N–H and O–H groups in total. The molecule has 1 aromatic carbocycles. The molecule has 1 heterocycles. The normalized spacial score (nSPS) is 11.1. The van der Waals surface area contributed by atoms with Gasteiger partial charge in [-0.25, -0.2) is 0 Å². The van der Waals surface area contributed by atoms with E-state index in [-0.39, 0.29) is 5.97 Å². The Morgan fingerprint density at radius 3 is 2.91 bits per heavy atom. The summed E-state index contributed by atoms with van der Waals surface area (Å²) in [5.41, 5.74) is 2.19. The minimum absolute atomic E-state index is 0.291. The minimum atomic E-state index is -0.291. The molecule has 4 heteroatoms. The molecule has 0 unspecified atom stereocenters. The van der Waals surface area contributed by atoms with Gasteiger partial charge in [0, 0.05) is 37.1 Å². The van der Waals surface area contributed by atoms with Gasteiger partial charge in [-0.3, -0.25) is 9.69 Å². The highest BCUT2D eigenvalue weighted by molar-refractivity contribution is 5.91. The zero-order valence-corrected chi connectivity index (χ0v) is 14.1. The summed E-state index contributed by atoms with van der Waals surface area (Å²) in [6, 6.07) is 5.75. The summed E-state index contributed by atoms with van der Waals surface area (Å²) in [6.07, 6.45) is 7.27. The molecule has 4 nitrogen and oxygen atoms in total. The number of aromatic amines is 1. The number of nitrogens with zero attached hydrogens (tertiary/aromatic N) is 1. The third kappa shape index (κ3) is 4.70. The summed E-state index contributed by atoms with van der Waals surface area (Å²) in [6.45, 7) is 10.4. The maximum absolute atomic E-state index is 11.3. The van der Waals surface area contributed by atoms with Crippen molar-refractivity contribution in [2.75, 3.05) is 19.6 Å². The monoisotopic (exact) mass is 314 g/mol. The fraction of sp³-hybridized carbons (Fsp3) is 0.421. The first-order valence-corrected chi connectivity index (χ1v) is 8.26. The van der Waals surface area contributed by atoms with Gasteiger partial charge < -0.3 is 9.72 Å². The van der Waals surface area contributed by atoms with E-state index in [1.54, 1.807) is 0 Å². The highest BCUT2D eigenvalue weighted by Gasteiger charge is 2.12. The molecular formula is C19H26N2O2. The van der Waals surface area contributed by atoms with Crippen LogP contribution in [0.5, 0.6) is 5.75 Å². The Hall–Kier alpha value is -2.07. The van der Waals surface area contributed by atoms with E-state index in [1.807, 2.05) is 30.5 Å². The fourth-order valence-electron chi connectivity index (χ4n) is 2.79. The van der Waals surface area contributed by atoms with Crippen LogP contribution in [0, 0.1) is 0 Å². The van der Waals surface area contributed by atoms with Gasteiger partial charge in [0.05, 0.1) is 0 Å². The molecule has 0 saturated heterocycles. The number of nitrogens with one attached hydrogen (secondary N) is 1. The fourth-order valence-corrected chi connectivity index (χ4v) is 2.79. The van der Waals surface area contributed by atoms with Crippen LogP contribution in [-0.2, 0) is 11.2 Å². The van der Waals surface area contributed by atoms with Gasteiger partial charge in [-0.2, -0.15) is 0 Å². The first-order chi connectivity index (χ1) is 11.2. The number of hydrogen-bond acceptors (Lipinski definition) is 3. The summed E-state index contributed by atoms with van der Waals surface area (Å²) in [5.74, 6) is 0.343. The van der Waals surface area contributed by atoms with Crippen molar-refractivity contribution in [2.24, 2.45) is 0 Å². The molecule has 0 aliphatic heterocycles. The summed E-state index contributed by atoms with van der Waals surface area (Å²) in [7, 11) is 0. The van der Waals surface area contributed by atoms with Crippen molar-refractivity contribution < 1.29 is 9.53 Å². The van der Waals surface area contributed by atoms with Crippen molar-refractivity contribution in [3.63, 3.8) is 0 Å². The molecular weight excluding hydrogens is 288 g/mol. The van der Waals surface area contributed by atoms with E-state index in [1.165, 1.54) is 25.3 Å². The highest BCUT2D eigenvalue weighted by Crippen LogP contribution is 2.29. The molecule has 0 spiro atoms. The van der Waals surface area contributed by atoms with Crippen molar-refractivity contribution >= 4 is 16.9 Å². The van der Waals surface area contributed by atoms with Crippen LogP contribution in [0.3, 0.4) is 0 Å². The summed E-state index contributed by atoms with van der Waals surface area (Å²) in [4.78, 5) is 17.0. The Morgan fingerprint density at radius 1 is 1.39 bits per heavy atom. The van der Waals surface area contributed by atoms with Crippen LogP contribution in [0.1, 0.15) is 32.3 Å². The first-order valence-electron chi connectivity index (χ1n) is 8.26. The van der Waals surface area contributed by atoms with Gasteiger partial charge in [-0.1, -0.05) is 25.5 Å². The van der Waals surface area contributed by atoms with Crippen LogP contribution >= 0.6 is 0 Å². The molecule has 0 saturated carbocycles. The Kier molecular flexibility index (Phi) is 6.41. The van der Waals surface area contributed by atoms with Gasteiger partial charge in [0.15, 0.2) is 0 Å². The molecule has 23 heavy (non-hydrogen) atoms. The maximum Gasteiger partial charge on any atom is 0.308 e. The van der Waals surface area contributed by atoms with E-state index in [2.05, 4.69) is 23.4 Å². The van der Waals surface area contributed by atoms with Crippen LogP contribution < -0.4 is 4.74 Å². The van der Waals surface area contributed by atoms with Crippen molar-refractivity contribution in [3.05, 3.63) is 42.6 Å². The molecule has 0 fully saturated rings. The number of ether oxygens (including phenoxy) is 1. The maximum atomic E-state index is 11.3. The third-order valence-electron chi connectivity index (χ3n) is 3.92. The molecule has 2 aromatic rings. The second kappa shape index (κ2) is 8.53. The molecule has 1 aromatic heterocycles. The quantitative estimate of drug-likeness (QED) is 0.433. The van der Waals surface area contributed by atoms with Gasteiger partial charge in [0.2, 0.25) is 0 Å². The second-order valence-corrected chi connectivity index (χ2v) is 5.78. The van der Waals surface area contributed by atoms with E-state index in [0.29, 0.717) is 5.75 Å². The number of fused-ring (bicyclic) bond motifs is 1. The number of esters is 1. The summed E-state index contributed by atoms with van der Waals surface area (Å²) in [5, 5.41) is 1.01. The average Bonchev–Trinajstić information content (AvgIpc) is 2.94. The zero-order valence-electron chi connectivity index (χ0n) is 14.1. The topological polar surface area (TPSA) is 45.3 Å². The van der Waals surface area contributed by atoms with Gasteiger partial charge in [-0.05, 0) is 37.1 Å². The molecule has 0 aliphatic carbocycles. The van der Waals surface area contributed by atoms with Gasteiger partial charge in [0.1, 0.15) is 5.75 Å². The molecule has 0 radical (unpaired) electrons. The largest absolute Gasteiger partial charge is 0.426 e. The number of H-pyrrole nitrogens is 1. The van der Waals surface area contributed by atoms with Gasteiger partial charge in [0.25, 0.3) is 0 Å². The number of aromatic nitrogens is 1. The molecule has 0 amide bonds. The highest BCUT2D eigenvalue weighted by atomic mass is 16.5. The molecule has 124 valence electrons. The Morgan fingerprint density at radius 2 is 2.22 bits per heavy atom. The van der Waals surface area contributed by atoms with Gasteiger partial charge >= 0.3 is 5.97 Å². The second-order valence-electron chi connectivity index (χ2n) is 5.78. The summed E-state index contributed by atoms with van der Waals surface area (Å²) < 4.78 is 5.36. The third-order valence-corrected chi connectivity index (χ3v) is 3.92. The predicted molar refractivity (Wildman–Crippen MR) is 94.9 cm³/mol. The lowest BCUT2D eigenvalue weighted by Gasteiger charge is -2.20. The molecule has 0 aliphatic rings. The lowest BCUT2D eigenvalue weighted by molar-refractivity contribution is -0.131. The van der Waals surface area contributed by atoms with E-state index in [0.717, 1.165) is 37.0 Å². The van der Waals surface area contributed by atoms with Crippen molar-refractivity contribution in [1.82, 2.24) is 9.88 Å². The Bertz CT molecular complexity index is 660. The number of benzene rings is 1. The minimum Gasteiger partial charge on any atom is -0.426 e. The molecule has 0 atom stereocenters. The summed E-state index contributed by atoms with van der Waals surface area (Å²) >= 11 is 0. The predicted octanol–water partition coefficient (Wildman–Crippen LogP) is 3.92. The number of carbonyl (C=O) groups is 1. The zero-order chi connectivity index (χ0) is 16.7. The van der Waals surface area contributed by atoms with Crippen LogP contribution in [0.25, 0.3) is 10.9 Å². The van der Waals surface area contributed by atoms with E-state index in [9.17, 15) is 4.79 Å². The number of rotatable bonds is 9. The lowest BCUT2D eigenvalue weighted by Crippen LogP contribution is -2.27. The first kappa shape index (κ1) is 17.3. The van der Waals surface area contributed by atoms with Crippen LogP contribution in [0.15, 0.2) is 37.1 Å². The Labute approximate surface area is 138 Å². The Balaban J connectivity index is 2.15. The standard InChI is InChI=1S/C19H26N2O2/c1-4-6-12-21(11-5-2)13-10-16-14-20-17-8-7-9-18(19(16)17)23-15(3)22/h5,7-9,14,20H,2,4,6,10-13H2,1,3H3. The van der Waals surface area contributed by atoms with E-state index >= 15 is 0 Å². The molecule has 2 rings (SSSR count). The van der Waals surface area contributed by atoms with Crippen LogP contribution in [-0.4, -0.2) is 35.5 Å². The SMILES string of the molecule is C=CCN(CCCC)CCc1c[nH]c2cccc(OC(C)=O)c12. The lowest BCUT2D eigenvalue weighted by atomic mass is 10.1. The van der Waals surface area contributed by atoms with Crippen molar-refractivity contribution in [1.29, 1.82) is 0 Å². The van der Waals surface area contributed by atoms with Crippen LogP contribution in [0.4, 0.5) is 0 Å².